The molecule has 0 aliphatic carbocycles. The van der Waals surface area contributed by atoms with Crippen LogP contribution in [0.2, 0.25) is 0 Å². The van der Waals surface area contributed by atoms with E-state index < -0.39 is 5.97 Å². The smallest absolute Gasteiger partial charge is 0.328 e. The second-order valence-corrected chi connectivity index (χ2v) is 4.81. The molecule has 20 heavy (non-hydrogen) atoms. The number of carboxylic acid groups (broad SMARTS) is 1. The van der Waals surface area contributed by atoms with Gasteiger partial charge in [0.25, 0.3) is 0 Å². The molecule has 0 aromatic heterocycles. The molecule has 0 atom stereocenters. The van der Waals surface area contributed by atoms with Gasteiger partial charge in [0.1, 0.15) is 12.4 Å². The minimum absolute atomic E-state index is 0.520. The molecule has 0 spiro atoms. The molecule has 4 heteroatoms. The second-order valence-electron chi connectivity index (χ2n) is 4.81. The van der Waals surface area contributed by atoms with Crippen LogP contribution in [0, 0.1) is 0 Å². The van der Waals surface area contributed by atoms with Crippen molar-refractivity contribution in [2.24, 2.45) is 0 Å². The molecule has 0 aliphatic rings. The van der Waals surface area contributed by atoms with E-state index in [4.69, 9.17) is 9.84 Å². The van der Waals surface area contributed by atoms with Crippen molar-refractivity contribution in [2.75, 3.05) is 19.7 Å². The highest BCUT2D eigenvalue weighted by atomic mass is 16.5. The summed E-state index contributed by atoms with van der Waals surface area (Å²) in [4.78, 5) is 12.7. The lowest BCUT2D eigenvalue weighted by atomic mass is 10.2. The van der Waals surface area contributed by atoms with Crippen LogP contribution in [0.15, 0.2) is 30.3 Å². The van der Waals surface area contributed by atoms with Crippen LogP contribution in [0.4, 0.5) is 0 Å². The molecule has 1 aromatic rings. The van der Waals surface area contributed by atoms with Gasteiger partial charge in [-0.15, -0.1) is 0 Å². The minimum atomic E-state index is -0.946. The highest BCUT2D eigenvalue weighted by Gasteiger charge is 2.06. The molecule has 0 heterocycles. The van der Waals surface area contributed by atoms with Gasteiger partial charge in [0, 0.05) is 18.7 Å². The average molecular weight is 277 g/mol. The van der Waals surface area contributed by atoms with Gasteiger partial charge in [-0.3, -0.25) is 4.90 Å². The Hall–Kier alpha value is -1.81. The van der Waals surface area contributed by atoms with Gasteiger partial charge < -0.3 is 9.84 Å². The number of hydrogen-bond acceptors (Lipinski definition) is 3. The minimum Gasteiger partial charge on any atom is -0.492 e. The van der Waals surface area contributed by atoms with Crippen LogP contribution in [0.25, 0.3) is 6.08 Å². The molecule has 4 nitrogen and oxygen atoms in total. The van der Waals surface area contributed by atoms with Crippen molar-refractivity contribution < 1.29 is 14.6 Å². The summed E-state index contributed by atoms with van der Waals surface area (Å²) in [7, 11) is 0. The number of rotatable bonds is 8. The molecule has 0 amide bonds. The lowest BCUT2D eigenvalue weighted by molar-refractivity contribution is -0.131. The largest absolute Gasteiger partial charge is 0.492 e. The number of aliphatic carboxylic acids is 1. The van der Waals surface area contributed by atoms with Gasteiger partial charge in [-0.25, -0.2) is 4.79 Å². The molecule has 110 valence electrons. The Labute approximate surface area is 120 Å². The van der Waals surface area contributed by atoms with Crippen molar-refractivity contribution in [1.82, 2.24) is 4.90 Å². The van der Waals surface area contributed by atoms with Gasteiger partial charge in [0.15, 0.2) is 0 Å². The number of nitrogens with zero attached hydrogens (tertiary/aromatic N) is 1. The van der Waals surface area contributed by atoms with Gasteiger partial charge in [0.2, 0.25) is 0 Å². The Morgan fingerprint density at radius 3 is 2.50 bits per heavy atom. The zero-order chi connectivity index (χ0) is 15.0. The number of ether oxygens (including phenoxy) is 1. The summed E-state index contributed by atoms with van der Waals surface area (Å²) >= 11 is 0. The van der Waals surface area contributed by atoms with Crippen molar-refractivity contribution in [2.45, 2.75) is 26.8 Å². The van der Waals surface area contributed by atoms with Crippen LogP contribution in [-0.4, -0.2) is 41.7 Å². The molecule has 0 fully saturated rings. The normalized spacial score (nSPS) is 11.4. The number of hydrogen-bond donors (Lipinski definition) is 1. The summed E-state index contributed by atoms with van der Waals surface area (Å²) in [6.07, 6.45) is 2.68. The molecule has 0 unspecified atom stereocenters. The van der Waals surface area contributed by atoms with Crippen molar-refractivity contribution in [1.29, 1.82) is 0 Å². The number of carboxylic acids is 1. The van der Waals surface area contributed by atoms with Crippen molar-refractivity contribution in [3.63, 3.8) is 0 Å². The fourth-order valence-corrected chi connectivity index (χ4v) is 1.90. The lowest BCUT2D eigenvalue weighted by Gasteiger charge is -2.24. The van der Waals surface area contributed by atoms with Crippen LogP contribution in [0.5, 0.6) is 5.75 Å². The van der Waals surface area contributed by atoms with Gasteiger partial charge in [-0.05, 0) is 44.2 Å². The van der Waals surface area contributed by atoms with E-state index in [1.807, 2.05) is 24.3 Å². The highest BCUT2D eigenvalue weighted by Crippen LogP contribution is 2.13. The van der Waals surface area contributed by atoms with E-state index in [0.717, 1.165) is 30.5 Å². The summed E-state index contributed by atoms with van der Waals surface area (Å²) in [5.41, 5.74) is 0.845. The van der Waals surface area contributed by atoms with E-state index in [1.54, 1.807) is 6.08 Å². The predicted molar refractivity (Wildman–Crippen MR) is 81.0 cm³/mol. The predicted octanol–water partition coefficient (Wildman–Crippen LogP) is 2.89. The molecule has 0 aliphatic heterocycles. The Balaban J connectivity index is 2.44. The lowest BCUT2D eigenvalue weighted by Crippen LogP contribution is -2.34. The van der Waals surface area contributed by atoms with Crippen molar-refractivity contribution in [3.8, 4) is 5.75 Å². The Bertz CT molecular complexity index is 438. The van der Waals surface area contributed by atoms with Crippen LogP contribution in [0.3, 0.4) is 0 Å². The maximum atomic E-state index is 10.4. The van der Waals surface area contributed by atoms with Gasteiger partial charge in [-0.2, -0.15) is 0 Å². The van der Waals surface area contributed by atoms with Crippen molar-refractivity contribution in [3.05, 3.63) is 35.9 Å². The molecule has 0 bridgehead atoms. The molecule has 1 aromatic carbocycles. The molecular formula is C16H23NO3. The third-order valence-electron chi connectivity index (χ3n) is 3.08. The third-order valence-corrected chi connectivity index (χ3v) is 3.08. The van der Waals surface area contributed by atoms with E-state index in [0.29, 0.717) is 12.6 Å². The monoisotopic (exact) mass is 277 g/mol. The Morgan fingerprint density at radius 2 is 2.00 bits per heavy atom. The zero-order valence-corrected chi connectivity index (χ0v) is 12.4. The van der Waals surface area contributed by atoms with Gasteiger partial charge in [-0.1, -0.05) is 19.1 Å². The molecule has 1 rings (SSSR count). The highest BCUT2D eigenvalue weighted by molar-refractivity contribution is 5.85. The molecule has 1 N–H and O–H groups in total. The van der Waals surface area contributed by atoms with E-state index in [9.17, 15) is 4.79 Å². The van der Waals surface area contributed by atoms with Gasteiger partial charge >= 0.3 is 5.97 Å². The number of benzene rings is 1. The molecule has 0 saturated carbocycles. The van der Waals surface area contributed by atoms with E-state index >= 15 is 0 Å². The van der Waals surface area contributed by atoms with Crippen LogP contribution in [0.1, 0.15) is 26.3 Å². The van der Waals surface area contributed by atoms with Crippen LogP contribution in [-0.2, 0) is 4.79 Å². The van der Waals surface area contributed by atoms with Crippen molar-refractivity contribution >= 4 is 12.0 Å². The fourth-order valence-electron chi connectivity index (χ4n) is 1.90. The summed E-state index contributed by atoms with van der Waals surface area (Å²) < 4.78 is 5.69. The maximum absolute atomic E-state index is 10.4. The number of likely N-dealkylation sites (N-methyl/N-ethyl adjacent to an activating group) is 1. The Morgan fingerprint density at radius 1 is 1.35 bits per heavy atom. The zero-order valence-electron chi connectivity index (χ0n) is 12.4. The first-order valence-electron chi connectivity index (χ1n) is 6.91. The first-order valence-corrected chi connectivity index (χ1v) is 6.91. The number of carbonyl (C=O) groups is 1. The SMILES string of the molecule is CCN(CCOc1ccc(C=CC(=O)O)cc1)C(C)C. The third kappa shape index (κ3) is 5.89. The molecular weight excluding hydrogens is 254 g/mol. The van der Waals surface area contributed by atoms with E-state index in [1.165, 1.54) is 0 Å². The first kappa shape index (κ1) is 16.2. The van der Waals surface area contributed by atoms with E-state index in [2.05, 4.69) is 25.7 Å². The van der Waals surface area contributed by atoms with Crippen LogP contribution < -0.4 is 4.74 Å². The molecule has 0 radical (unpaired) electrons. The molecule has 0 saturated heterocycles. The summed E-state index contributed by atoms with van der Waals surface area (Å²) in [5, 5.41) is 8.55. The summed E-state index contributed by atoms with van der Waals surface area (Å²) in [6, 6.07) is 7.91. The Kier molecular flexibility index (Phi) is 6.81. The summed E-state index contributed by atoms with van der Waals surface area (Å²) in [5.74, 6) is -0.143. The second kappa shape index (κ2) is 8.38. The standard InChI is InChI=1S/C16H23NO3/c1-4-17(13(2)3)11-12-20-15-8-5-14(6-9-15)7-10-16(18)19/h5-10,13H,4,11-12H2,1-3H3,(H,18,19). The average Bonchev–Trinajstić information content (AvgIpc) is 2.42. The quantitative estimate of drug-likeness (QED) is 0.742. The maximum Gasteiger partial charge on any atom is 0.328 e. The van der Waals surface area contributed by atoms with Gasteiger partial charge in [0.05, 0.1) is 0 Å². The summed E-state index contributed by atoms with van der Waals surface area (Å²) in [6.45, 7) is 9.05. The topological polar surface area (TPSA) is 49.8 Å². The first-order chi connectivity index (χ1) is 9.52. The van der Waals surface area contributed by atoms with Crippen LogP contribution >= 0.6 is 0 Å². The van der Waals surface area contributed by atoms with E-state index in [-0.39, 0.29) is 0 Å². The fraction of sp³-hybridized carbons (Fsp3) is 0.438.